The van der Waals surface area contributed by atoms with E-state index in [0.29, 0.717) is 16.3 Å². The van der Waals surface area contributed by atoms with E-state index in [0.717, 1.165) is 0 Å². The molecule has 0 unspecified atom stereocenters. The molecule has 0 amide bonds. The molecule has 0 aliphatic carbocycles. The van der Waals surface area contributed by atoms with E-state index in [4.69, 9.17) is 11.6 Å². The van der Waals surface area contributed by atoms with Crippen molar-refractivity contribution in [2.24, 2.45) is 7.05 Å². The molecule has 0 saturated carbocycles. The molecule has 0 saturated heterocycles. The number of halogens is 1. The fourth-order valence-corrected chi connectivity index (χ4v) is 1.50. The number of aromatic nitrogens is 1. The molecule has 15 heavy (non-hydrogen) atoms. The Morgan fingerprint density at radius 1 is 1.33 bits per heavy atom. The standard InChI is InChI=1S/C12H9ClNO/c1-14-8-2-3-11(14)12(15)9-4-6-10(13)7-5-9/h3-8H,1H3. The summed E-state index contributed by atoms with van der Waals surface area (Å²) in [5, 5.41) is 0.630. The Morgan fingerprint density at radius 2 is 2.00 bits per heavy atom. The molecule has 3 heteroatoms. The van der Waals surface area contributed by atoms with Crippen LogP contribution >= 0.6 is 11.6 Å². The lowest BCUT2D eigenvalue weighted by Gasteiger charge is -2.02. The number of hydrogen-bond acceptors (Lipinski definition) is 1. The Balaban J connectivity index is 2.37. The second-order valence-electron chi connectivity index (χ2n) is 3.27. The first-order valence-corrected chi connectivity index (χ1v) is 4.89. The average Bonchev–Trinajstić information content (AvgIpc) is 2.65. The predicted molar refractivity (Wildman–Crippen MR) is 59.1 cm³/mol. The summed E-state index contributed by atoms with van der Waals surface area (Å²) in [5.41, 5.74) is 1.26. The van der Waals surface area contributed by atoms with Crippen LogP contribution in [0.2, 0.25) is 5.02 Å². The first-order chi connectivity index (χ1) is 7.18. The lowest BCUT2D eigenvalue weighted by molar-refractivity contribution is 0.103. The van der Waals surface area contributed by atoms with Crippen LogP contribution in [0.4, 0.5) is 0 Å². The molecular weight excluding hydrogens is 210 g/mol. The number of rotatable bonds is 2. The van der Waals surface area contributed by atoms with Gasteiger partial charge in [0.1, 0.15) is 0 Å². The third-order valence-corrected chi connectivity index (χ3v) is 2.46. The van der Waals surface area contributed by atoms with E-state index in [1.54, 1.807) is 41.1 Å². The Labute approximate surface area is 93.1 Å². The lowest BCUT2D eigenvalue weighted by atomic mass is 10.1. The molecule has 0 aliphatic rings. The van der Waals surface area contributed by atoms with Gasteiger partial charge in [-0.25, -0.2) is 0 Å². The van der Waals surface area contributed by atoms with Crippen LogP contribution in [0, 0.1) is 6.07 Å². The molecule has 2 rings (SSSR count). The zero-order chi connectivity index (χ0) is 10.8. The first kappa shape index (κ1) is 9.99. The number of carbonyl (C=O) groups excluding carboxylic acids is 1. The summed E-state index contributed by atoms with van der Waals surface area (Å²) in [5.74, 6) is -0.0181. The van der Waals surface area contributed by atoms with Crippen molar-refractivity contribution in [2.45, 2.75) is 0 Å². The van der Waals surface area contributed by atoms with Gasteiger partial charge in [0.2, 0.25) is 5.78 Å². The summed E-state index contributed by atoms with van der Waals surface area (Å²) in [6.07, 6.45) is 1.73. The first-order valence-electron chi connectivity index (χ1n) is 4.51. The highest BCUT2D eigenvalue weighted by molar-refractivity contribution is 6.30. The minimum absolute atomic E-state index is 0.0181. The van der Waals surface area contributed by atoms with Crippen molar-refractivity contribution >= 4 is 17.4 Å². The average molecular weight is 219 g/mol. The highest BCUT2D eigenvalue weighted by Gasteiger charge is 2.11. The molecule has 0 bridgehead atoms. The van der Waals surface area contributed by atoms with Gasteiger partial charge in [-0.1, -0.05) is 11.6 Å². The monoisotopic (exact) mass is 218 g/mol. The van der Waals surface area contributed by atoms with Gasteiger partial charge in [0.25, 0.3) is 0 Å². The normalized spacial score (nSPS) is 10.3. The minimum atomic E-state index is -0.0181. The van der Waals surface area contributed by atoms with Crippen molar-refractivity contribution in [3.05, 3.63) is 58.9 Å². The van der Waals surface area contributed by atoms with E-state index in [1.165, 1.54) is 0 Å². The van der Waals surface area contributed by atoms with Gasteiger partial charge in [0.15, 0.2) is 0 Å². The fraction of sp³-hybridized carbons (Fsp3) is 0.0833. The predicted octanol–water partition coefficient (Wildman–Crippen LogP) is 2.71. The summed E-state index contributed by atoms with van der Waals surface area (Å²) >= 11 is 5.75. The van der Waals surface area contributed by atoms with Crippen LogP contribution in [-0.4, -0.2) is 10.4 Å². The number of ketones is 1. The van der Waals surface area contributed by atoms with Crippen LogP contribution in [-0.2, 0) is 7.05 Å². The zero-order valence-electron chi connectivity index (χ0n) is 8.20. The highest BCUT2D eigenvalue weighted by atomic mass is 35.5. The van der Waals surface area contributed by atoms with E-state index in [2.05, 4.69) is 6.07 Å². The SMILES string of the molecule is Cn1c[c]cc1C(=O)c1ccc(Cl)cc1. The number of nitrogens with zero attached hydrogens (tertiary/aromatic N) is 1. The largest absolute Gasteiger partial charge is 0.347 e. The van der Waals surface area contributed by atoms with Crippen molar-refractivity contribution in [1.29, 1.82) is 0 Å². The van der Waals surface area contributed by atoms with Crippen molar-refractivity contribution < 1.29 is 4.79 Å². The van der Waals surface area contributed by atoms with Gasteiger partial charge in [0.05, 0.1) is 5.69 Å². The van der Waals surface area contributed by atoms with E-state index in [1.807, 2.05) is 7.05 Å². The van der Waals surface area contributed by atoms with Gasteiger partial charge in [0, 0.05) is 29.9 Å². The summed E-state index contributed by atoms with van der Waals surface area (Å²) in [4.78, 5) is 12.0. The van der Waals surface area contributed by atoms with E-state index in [9.17, 15) is 4.79 Å². The number of hydrogen-bond donors (Lipinski definition) is 0. The smallest absolute Gasteiger partial charge is 0.209 e. The number of benzene rings is 1. The minimum Gasteiger partial charge on any atom is -0.347 e. The molecule has 2 aromatic rings. The maximum Gasteiger partial charge on any atom is 0.209 e. The zero-order valence-corrected chi connectivity index (χ0v) is 8.95. The second-order valence-corrected chi connectivity index (χ2v) is 3.71. The molecule has 0 spiro atoms. The molecule has 2 nitrogen and oxygen atoms in total. The van der Waals surface area contributed by atoms with Crippen molar-refractivity contribution in [2.75, 3.05) is 0 Å². The molecule has 0 aliphatic heterocycles. The Morgan fingerprint density at radius 3 is 2.53 bits per heavy atom. The Kier molecular flexibility index (Phi) is 2.60. The van der Waals surface area contributed by atoms with Crippen LogP contribution < -0.4 is 0 Å². The molecule has 1 aromatic carbocycles. The topological polar surface area (TPSA) is 22.0 Å². The highest BCUT2D eigenvalue weighted by Crippen LogP contribution is 2.13. The maximum atomic E-state index is 12.0. The van der Waals surface area contributed by atoms with E-state index in [-0.39, 0.29) is 5.78 Å². The lowest BCUT2D eigenvalue weighted by Crippen LogP contribution is -2.06. The molecule has 75 valence electrons. The third-order valence-electron chi connectivity index (χ3n) is 2.21. The summed E-state index contributed by atoms with van der Waals surface area (Å²) < 4.78 is 1.75. The van der Waals surface area contributed by atoms with Crippen LogP contribution in [0.1, 0.15) is 16.1 Å². The molecule has 0 N–H and O–H groups in total. The fourth-order valence-electron chi connectivity index (χ4n) is 1.37. The Bertz CT molecular complexity index is 485. The molecule has 0 atom stereocenters. The molecule has 1 radical (unpaired) electrons. The van der Waals surface area contributed by atoms with Crippen LogP contribution in [0.15, 0.2) is 36.5 Å². The summed E-state index contributed by atoms with van der Waals surface area (Å²) in [7, 11) is 1.82. The van der Waals surface area contributed by atoms with E-state index >= 15 is 0 Å². The molecule has 1 heterocycles. The second kappa shape index (κ2) is 3.91. The summed E-state index contributed by atoms with van der Waals surface area (Å²) in [6.45, 7) is 0. The van der Waals surface area contributed by atoms with Gasteiger partial charge < -0.3 is 4.57 Å². The number of aryl methyl sites for hydroxylation is 1. The Hall–Kier alpha value is -1.54. The maximum absolute atomic E-state index is 12.0. The van der Waals surface area contributed by atoms with Gasteiger partial charge >= 0.3 is 0 Å². The van der Waals surface area contributed by atoms with Crippen molar-refractivity contribution in [3.8, 4) is 0 Å². The molecule has 1 aromatic heterocycles. The molecule has 0 fully saturated rings. The van der Waals surface area contributed by atoms with Crippen LogP contribution in [0.25, 0.3) is 0 Å². The van der Waals surface area contributed by atoms with Gasteiger partial charge in [-0.15, -0.1) is 0 Å². The third kappa shape index (κ3) is 1.95. The number of carbonyl (C=O) groups is 1. The van der Waals surface area contributed by atoms with Gasteiger partial charge in [-0.2, -0.15) is 0 Å². The van der Waals surface area contributed by atoms with Crippen molar-refractivity contribution in [3.63, 3.8) is 0 Å². The quantitative estimate of drug-likeness (QED) is 0.711. The summed E-state index contributed by atoms with van der Waals surface area (Å²) in [6, 6.07) is 11.4. The van der Waals surface area contributed by atoms with Gasteiger partial charge in [-0.05, 0) is 30.3 Å². The van der Waals surface area contributed by atoms with E-state index < -0.39 is 0 Å². The molecular formula is C12H9ClNO. The van der Waals surface area contributed by atoms with Gasteiger partial charge in [-0.3, -0.25) is 4.79 Å². The van der Waals surface area contributed by atoms with Crippen LogP contribution in [0.3, 0.4) is 0 Å². The van der Waals surface area contributed by atoms with Crippen molar-refractivity contribution in [1.82, 2.24) is 4.57 Å². The van der Waals surface area contributed by atoms with Crippen LogP contribution in [0.5, 0.6) is 0 Å².